The number of hydrogen-bond acceptors (Lipinski definition) is 5. The molecule has 108 valence electrons. The molecule has 0 spiro atoms. The van der Waals surface area contributed by atoms with Gasteiger partial charge in [-0.1, -0.05) is 12.1 Å². The van der Waals surface area contributed by atoms with E-state index in [0.29, 0.717) is 6.54 Å². The Balaban J connectivity index is 0.00000324. The third kappa shape index (κ3) is 4.79. The van der Waals surface area contributed by atoms with Crippen LogP contribution in [0, 0.1) is 0 Å². The van der Waals surface area contributed by atoms with E-state index >= 15 is 0 Å². The zero-order chi connectivity index (χ0) is 13.6. The van der Waals surface area contributed by atoms with Gasteiger partial charge in [0.15, 0.2) is 0 Å². The molecule has 1 rings (SSSR count). The zero-order valence-corrected chi connectivity index (χ0v) is 12.3. The minimum Gasteiger partial charge on any atom is -0.465 e. The average molecular weight is 309 g/mol. The van der Waals surface area contributed by atoms with E-state index in [9.17, 15) is 13.2 Å². The lowest BCUT2D eigenvalue weighted by atomic mass is 10.2. The Morgan fingerprint density at radius 2 is 1.89 bits per heavy atom. The second-order valence-corrected chi connectivity index (χ2v) is 5.22. The Labute approximate surface area is 119 Å². The number of halogens is 1. The van der Waals surface area contributed by atoms with E-state index in [0.717, 1.165) is 0 Å². The molecule has 19 heavy (non-hydrogen) atoms. The predicted octanol–water partition coefficient (Wildman–Crippen LogP) is 0.393. The van der Waals surface area contributed by atoms with E-state index in [1.165, 1.54) is 19.2 Å². The van der Waals surface area contributed by atoms with Crippen molar-refractivity contribution < 1.29 is 17.9 Å². The van der Waals surface area contributed by atoms with Crippen LogP contribution in [0.1, 0.15) is 10.4 Å². The van der Waals surface area contributed by atoms with Crippen LogP contribution in [0.3, 0.4) is 0 Å². The maximum atomic E-state index is 12.0. The summed E-state index contributed by atoms with van der Waals surface area (Å²) in [6.45, 7) is 0.744. The van der Waals surface area contributed by atoms with Gasteiger partial charge < -0.3 is 10.1 Å². The summed E-state index contributed by atoms with van der Waals surface area (Å²) in [5.74, 6) is -0.676. The van der Waals surface area contributed by atoms with Crippen molar-refractivity contribution in [1.29, 1.82) is 0 Å². The fourth-order valence-electron chi connectivity index (χ4n) is 1.37. The number of benzene rings is 1. The van der Waals surface area contributed by atoms with Crippen LogP contribution in [0.15, 0.2) is 29.2 Å². The molecular formula is C11H17ClN2O4S. The molecule has 0 aliphatic carbocycles. The third-order valence-corrected chi connectivity index (χ3v) is 3.77. The standard InChI is InChI=1S/C11H16N2O4S.ClH/c1-12-7-8-13-18(15,16)10-6-4-3-5-9(10)11(14)17-2;/h3-6,12-13H,7-8H2,1-2H3;1H. The van der Waals surface area contributed by atoms with Crippen molar-refractivity contribution in [2.75, 3.05) is 27.2 Å². The lowest BCUT2D eigenvalue weighted by molar-refractivity contribution is 0.0596. The number of nitrogens with one attached hydrogen (secondary N) is 2. The molecule has 0 bridgehead atoms. The van der Waals surface area contributed by atoms with Crippen molar-refractivity contribution in [3.05, 3.63) is 29.8 Å². The second-order valence-electron chi connectivity index (χ2n) is 3.49. The molecule has 0 aliphatic heterocycles. The van der Waals surface area contributed by atoms with Gasteiger partial charge in [-0.25, -0.2) is 17.9 Å². The molecule has 0 fully saturated rings. The quantitative estimate of drug-likeness (QED) is 0.587. The highest BCUT2D eigenvalue weighted by atomic mass is 35.5. The molecule has 0 aliphatic rings. The molecule has 0 radical (unpaired) electrons. The normalized spacial score (nSPS) is 10.6. The molecule has 6 nitrogen and oxygen atoms in total. The fourth-order valence-corrected chi connectivity index (χ4v) is 2.59. The molecule has 8 heteroatoms. The molecule has 0 saturated carbocycles. The molecule has 0 unspecified atom stereocenters. The molecule has 0 aromatic heterocycles. The number of sulfonamides is 1. The first kappa shape index (κ1) is 17.8. The van der Waals surface area contributed by atoms with E-state index in [4.69, 9.17) is 0 Å². The Bertz CT molecular complexity index is 519. The van der Waals surface area contributed by atoms with Crippen LogP contribution in [0.25, 0.3) is 0 Å². The molecule has 0 heterocycles. The van der Waals surface area contributed by atoms with Crippen LogP contribution in [0.4, 0.5) is 0 Å². The summed E-state index contributed by atoms with van der Waals surface area (Å²) >= 11 is 0. The maximum absolute atomic E-state index is 12.0. The summed E-state index contributed by atoms with van der Waals surface area (Å²) in [5.41, 5.74) is 0.0250. The average Bonchev–Trinajstić information content (AvgIpc) is 2.38. The van der Waals surface area contributed by atoms with Crippen molar-refractivity contribution in [3.63, 3.8) is 0 Å². The largest absolute Gasteiger partial charge is 0.465 e. The van der Waals surface area contributed by atoms with Gasteiger partial charge in [-0.3, -0.25) is 0 Å². The van der Waals surface area contributed by atoms with Gasteiger partial charge in [-0.05, 0) is 19.2 Å². The molecular weight excluding hydrogens is 292 g/mol. The molecule has 0 saturated heterocycles. The van der Waals surface area contributed by atoms with Crippen LogP contribution in [0.2, 0.25) is 0 Å². The first-order valence-electron chi connectivity index (χ1n) is 5.34. The number of ether oxygens (including phenoxy) is 1. The first-order valence-corrected chi connectivity index (χ1v) is 6.83. The van der Waals surface area contributed by atoms with Crippen LogP contribution >= 0.6 is 12.4 Å². The zero-order valence-electron chi connectivity index (χ0n) is 10.7. The van der Waals surface area contributed by atoms with E-state index < -0.39 is 16.0 Å². The van der Waals surface area contributed by atoms with Gasteiger partial charge in [-0.2, -0.15) is 0 Å². The summed E-state index contributed by atoms with van der Waals surface area (Å²) in [7, 11) is -0.782. The number of methoxy groups -OCH3 is 1. The van der Waals surface area contributed by atoms with Gasteiger partial charge in [-0.15, -0.1) is 12.4 Å². The number of likely N-dealkylation sites (N-methyl/N-ethyl adjacent to an activating group) is 1. The van der Waals surface area contributed by atoms with Gasteiger partial charge in [0.05, 0.1) is 17.6 Å². The topological polar surface area (TPSA) is 84.5 Å². The maximum Gasteiger partial charge on any atom is 0.339 e. The fraction of sp³-hybridized carbons (Fsp3) is 0.364. The smallest absolute Gasteiger partial charge is 0.339 e. The summed E-state index contributed by atoms with van der Waals surface area (Å²) < 4.78 is 31.0. The van der Waals surface area contributed by atoms with Crippen LogP contribution < -0.4 is 10.0 Å². The number of carbonyl (C=O) groups excluding carboxylic acids is 1. The summed E-state index contributed by atoms with van der Waals surface area (Å²) in [6, 6.07) is 5.92. The van der Waals surface area contributed by atoms with Crippen molar-refractivity contribution in [3.8, 4) is 0 Å². The highest BCUT2D eigenvalue weighted by Gasteiger charge is 2.21. The summed E-state index contributed by atoms with van der Waals surface area (Å²) in [4.78, 5) is 11.4. The Hall–Kier alpha value is -1.15. The molecule has 1 aromatic rings. The minimum absolute atomic E-state index is 0. The van der Waals surface area contributed by atoms with Gasteiger partial charge in [0.1, 0.15) is 0 Å². The number of esters is 1. The van der Waals surface area contributed by atoms with E-state index in [1.54, 1.807) is 19.2 Å². The van der Waals surface area contributed by atoms with Crippen molar-refractivity contribution >= 4 is 28.4 Å². The number of hydrogen-bond donors (Lipinski definition) is 2. The Morgan fingerprint density at radius 1 is 1.26 bits per heavy atom. The minimum atomic E-state index is -3.71. The Morgan fingerprint density at radius 3 is 2.47 bits per heavy atom. The van der Waals surface area contributed by atoms with Crippen LogP contribution in [0.5, 0.6) is 0 Å². The second kappa shape index (κ2) is 8.11. The monoisotopic (exact) mass is 308 g/mol. The van der Waals surface area contributed by atoms with Crippen molar-refractivity contribution in [2.45, 2.75) is 4.90 Å². The van der Waals surface area contributed by atoms with Crippen LogP contribution in [-0.4, -0.2) is 41.6 Å². The van der Waals surface area contributed by atoms with Gasteiger partial charge in [0, 0.05) is 13.1 Å². The van der Waals surface area contributed by atoms with Crippen molar-refractivity contribution in [2.24, 2.45) is 0 Å². The molecule has 1 aromatic carbocycles. The van der Waals surface area contributed by atoms with E-state index in [2.05, 4.69) is 14.8 Å². The van der Waals surface area contributed by atoms with Gasteiger partial charge in [0.25, 0.3) is 0 Å². The van der Waals surface area contributed by atoms with E-state index in [1.807, 2.05) is 0 Å². The first-order chi connectivity index (χ1) is 8.53. The highest BCUT2D eigenvalue weighted by molar-refractivity contribution is 7.89. The highest BCUT2D eigenvalue weighted by Crippen LogP contribution is 2.15. The van der Waals surface area contributed by atoms with Gasteiger partial charge >= 0.3 is 5.97 Å². The van der Waals surface area contributed by atoms with Crippen molar-refractivity contribution in [1.82, 2.24) is 10.0 Å². The number of carbonyl (C=O) groups is 1. The van der Waals surface area contributed by atoms with Crippen LogP contribution in [-0.2, 0) is 14.8 Å². The summed E-state index contributed by atoms with van der Waals surface area (Å²) in [5, 5.41) is 2.82. The summed E-state index contributed by atoms with van der Waals surface area (Å²) in [6.07, 6.45) is 0. The molecule has 0 amide bonds. The SMILES string of the molecule is CNCCNS(=O)(=O)c1ccccc1C(=O)OC.Cl. The molecule has 2 N–H and O–H groups in total. The van der Waals surface area contributed by atoms with Gasteiger partial charge in [0.2, 0.25) is 10.0 Å². The predicted molar refractivity (Wildman–Crippen MR) is 74.1 cm³/mol. The number of rotatable bonds is 6. The lowest BCUT2D eigenvalue weighted by Gasteiger charge is -2.09. The Kier molecular flexibility index (Phi) is 7.62. The van der Waals surface area contributed by atoms with E-state index in [-0.39, 0.29) is 29.4 Å². The third-order valence-electron chi connectivity index (χ3n) is 2.25. The lowest BCUT2D eigenvalue weighted by Crippen LogP contribution is -2.31. The molecule has 0 atom stereocenters.